The number of benzene rings is 3. The molecule has 0 radical (unpaired) electrons. The van der Waals surface area contributed by atoms with E-state index >= 15 is 0 Å². The van der Waals surface area contributed by atoms with E-state index < -0.39 is 16.4 Å². The van der Waals surface area contributed by atoms with Gasteiger partial charge in [0.2, 0.25) is 8.32 Å². The standard InChI is InChI=1S/C23H28OSi2/c1-25(2,21-16-10-6-11-17-21)23(20-14-8-5-9-15-20)24-26(3,4)22-18-12-7-13-19-22/h5-19,23H,1-4H3. The van der Waals surface area contributed by atoms with Gasteiger partial charge in [0.05, 0.1) is 5.73 Å². The van der Waals surface area contributed by atoms with Crippen molar-refractivity contribution >= 4 is 26.8 Å². The molecular formula is C23H28OSi2. The summed E-state index contributed by atoms with van der Waals surface area (Å²) in [6.07, 6.45) is 0. The second-order valence-corrected chi connectivity index (χ2v) is 16.3. The van der Waals surface area contributed by atoms with Crippen LogP contribution in [0.15, 0.2) is 91.0 Å². The van der Waals surface area contributed by atoms with Gasteiger partial charge in [-0.3, -0.25) is 0 Å². The van der Waals surface area contributed by atoms with Gasteiger partial charge in [0, 0.05) is 0 Å². The van der Waals surface area contributed by atoms with E-state index in [0.717, 1.165) is 0 Å². The quantitative estimate of drug-likeness (QED) is 0.549. The Morgan fingerprint density at radius 2 is 1.00 bits per heavy atom. The van der Waals surface area contributed by atoms with Gasteiger partial charge >= 0.3 is 0 Å². The smallest absolute Gasteiger partial charge is 0.218 e. The lowest BCUT2D eigenvalue weighted by Crippen LogP contribution is -2.55. The first-order valence-corrected chi connectivity index (χ1v) is 15.2. The molecule has 0 saturated heterocycles. The molecule has 134 valence electrons. The van der Waals surface area contributed by atoms with Crippen LogP contribution in [0.1, 0.15) is 11.3 Å². The average Bonchev–Trinajstić information content (AvgIpc) is 2.68. The molecule has 3 rings (SSSR count). The second-order valence-electron chi connectivity index (χ2n) is 7.87. The zero-order valence-corrected chi connectivity index (χ0v) is 18.1. The summed E-state index contributed by atoms with van der Waals surface area (Å²) in [6.45, 7) is 9.48. The third-order valence-corrected chi connectivity index (χ3v) is 11.5. The van der Waals surface area contributed by atoms with Gasteiger partial charge in [0.1, 0.15) is 8.07 Å². The molecule has 0 heterocycles. The van der Waals surface area contributed by atoms with Crippen molar-refractivity contribution in [3.05, 3.63) is 96.6 Å². The van der Waals surface area contributed by atoms with Crippen LogP contribution in [-0.4, -0.2) is 16.4 Å². The fourth-order valence-electron chi connectivity index (χ4n) is 3.48. The lowest BCUT2D eigenvalue weighted by atomic mass is 10.2. The van der Waals surface area contributed by atoms with Gasteiger partial charge in [0.15, 0.2) is 0 Å². The highest BCUT2D eigenvalue weighted by Gasteiger charge is 2.40. The minimum absolute atomic E-state index is 0.132. The van der Waals surface area contributed by atoms with Crippen LogP contribution in [0.25, 0.3) is 0 Å². The molecule has 3 heteroatoms. The molecule has 0 aliphatic rings. The highest BCUT2D eigenvalue weighted by molar-refractivity contribution is 6.92. The monoisotopic (exact) mass is 376 g/mol. The molecule has 0 spiro atoms. The molecule has 3 aromatic rings. The van der Waals surface area contributed by atoms with Crippen molar-refractivity contribution in [3.63, 3.8) is 0 Å². The summed E-state index contributed by atoms with van der Waals surface area (Å²) >= 11 is 0. The minimum atomic E-state index is -2.03. The SMILES string of the molecule is C[Si](C)(OC(c1ccccc1)[Si](C)(C)c1ccccc1)c1ccccc1. The molecule has 0 amide bonds. The van der Waals surface area contributed by atoms with Crippen molar-refractivity contribution < 1.29 is 4.43 Å². The van der Waals surface area contributed by atoms with Gasteiger partial charge in [-0.2, -0.15) is 0 Å². The minimum Gasteiger partial charge on any atom is -0.408 e. The predicted octanol–water partition coefficient (Wildman–Crippen LogP) is 5.01. The molecule has 3 aromatic carbocycles. The largest absolute Gasteiger partial charge is 0.408 e. The van der Waals surface area contributed by atoms with Gasteiger partial charge in [-0.05, 0) is 23.8 Å². The van der Waals surface area contributed by atoms with Gasteiger partial charge in [-0.1, -0.05) is 109 Å². The molecule has 0 fully saturated rings. The Morgan fingerprint density at radius 3 is 1.50 bits per heavy atom. The van der Waals surface area contributed by atoms with Crippen molar-refractivity contribution in [2.24, 2.45) is 0 Å². The van der Waals surface area contributed by atoms with Crippen LogP contribution in [0.5, 0.6) is 0 Å². The van der Waals surface area contributed by atoms with Crippen LogP contribution >= 0.6 is 0 Å². The van der Waals surface area contributed by atoms with Gasteiger partial charge in [-0.25, -0.2) is 0 Å². The topological polar surface area (TPSA) is 9.23 Å². The highest BCUT2D eigenvalue weighted by Crippen LogP contribution is 2.31. The molecule has 1 unspecified atom stereocenters. The van der Waals surface area contributed by atoms with E-state index in [-0.39, 0.29) is 5.73 Å². The fraction of sp³-hybridized carbons (Fsp3) is 0.217. The molecule has 0 saturated carbocycles. The third-order valence-electron chi connectivity index (χ3n) is 5.16. The maximum Gasteiger partial charge on any atom is 0.218 e. The normalized spacial score (nSPS) is 13.4. The van der Waals surface area contributed by atoms with Crippen LogP contribution in [0.4, 0.5) is 0 Å². The maximum atomic E-state index is 7.03. The zero-order chi connectivity index (χ0) is 18.6. The Bertz CT molecular complexity index is 815. The number of hydrogen-bond donors (Lipinski definition) is 0. The summed E-state index contributed by atoms with van der Waals surface area (Å²) < 4.78 is 7.03. The van der Waals surface area contributed by atoms with Crippen LogP contribution in [-0.2, 0) is 4.43 Å². The molecule has 0 aromatic heterocycles. The van der Waals surface area contributed by atoms with Crippen molar-refractivity contribution in [1.29, 1.82) is 0 Å². The molecule has 0 bridgehead atoms. The third kappa shape index (κ3) is 4.06. The fourth-order valence-corrected chi connectivity index (χ4v) is 9.78. The van der Waals surface area contributed by atoms with E-state index in [1.54, 1.807) is 0 Å². The molecule has 1 atom stereocenters. The Labute approximate surface area is 159 Å². The zero-order valence-electron chi connectivity index (χ0n) is 16.1. The van der Waals surface area contributed by atoms with E-state index in [1.807, 2.05) is 0 Å². The van der Waals surface area contributed by atoms with E-state index in [1.165, 1.54) is 15.9 Å². The first-order valence-electron chi connectivity index (χ1n) is 9.25. The summed E-state index contributed by atoms with van der Waals surface area (Å²) in [5.74, 6) is 0. The first-order chi connectivity index (χ1) is 12.4. The summed E-state index contributed by atoms with van der Waals surface area (Å²) in [4.78, 5) is 0. The summed E-state index contributed by atoms with van der Waals surface area (Å²) in [5.41, 5.74) is 1.43. The van der Waals surface area contributed by atoms with Gasteiger partial charge in [-0.15, -0.1) is 0 Å². The molecule has 0 N–H and O–H groups in total. The Hall–Kier alpha value is -1.95. The van der Waals surface area contributed by atoms with E-state index in [2.05, 4.69) is 117 Å². The van der Waals surface area contributed by atoms with Crippen LogP contribution in [0, 0.1) is 0 Å². The molecule has 26 heavy (non-hydrogen) atoms. The highest BCUT2D eigenvalue weighted by atomic mass is 28.4. The first kappa shape index (κ1) is 18.8. The Kier molecular flexibility index (Phi) is 5.61. The van der Waals surface area contributed by atoms with Crippen molar-refractivity contribution in [3.8, 4) is 0 Å². The van der Waals surface area contributed by atoms with E-state index in [4.69, 9.17) is 4.43 Å². The van der Waals surface area contributed by atoms with Crippen LogP contribution < -0.4 is 10.4 Å². The molecule has 0 aliphatic heterocycles. The molecular weight excluding hydrogens is 348 g/mol. The second kappa shape index (κ2) is 7.74. The van der Waals surface area contributed by atoms with Gasteiger partial charge in [0.25, 0.3) is 0 Å². The maximum absolute atomic E-state index is 7.03. The van der Waals surface area contributed by atoms with Crippen LogP contribution in [0.2, 0.25) is 26.2 Å². The van der Waals surface area contributed by atoms with Gasteiger partial charge < -0.3 is 4.43 Å². The Morgan fingerprint density at radius 1 is 0.577 bits per heavy atom. The van der Waals surface area contributed by atoms with Crippen molar-refractivity contribution in [1.82, 2.24) is 0 Å². The van der Waals surface area contributed by atoms with Crippen LogP contribution in [0.3, 0.4) is 0 Å². The summed E-state index contributed by atoms with van der Waals surface area (Å²) in [6, 6.07) is 32.4. The Balaban J connectivity index is 2.02. The lowest BCUT2D eigenvalue weighted by molar-refractivity contribution is 0.274. The summed E-state index contributed by atoms with van der Waals surface area (Å²) in [7, 11) is -3.91. The van der Waals surface area contributed by atoms with Crippen molar-refractivity contribution in [2.75, 3.05) is 0 Å². The number of hydrogen-bond acceptors (Lipinski definition) is 1. The van der Waals surface area contributed by atoms with E-state index in [0.29, 0.717) is 0 Å². The average molecular weight is 377 g/mol. The van der Waals surface area contributed by atoms with Crippen molar-refractivity contribution in [2.45, 2.75) is 31.9 Å². The molecule has 1 nitrogen and oxygen atoms in total. The van der Waals surface area contributed by atoms with E-state index in [9.17, 15) is 0 Å². The lowest BCUT2D eigenvalue weighted by Gasteiger charge is -2.39. The summed E-state index contributed by atoms with van der Waals surface area (Å²) in [5, 5.41) is 2.78. The number of rotatable bonds is 6. The predicted molar refractivity (Wildman–Crippen MR) is 117 cm³/mol. The molecule has 0 aliphatic carbocycles.